The van der Waals surface area contributed by atoms with Crippen LogP contribution < -0.4 is 11.5 Å². The van der Waals surface area contributed by atoms with Crippen molar-refractivity contribution in [2.45, 2.75) is 20.3 Å². The molecule has 0 aliphatic carbocycles. The lowest BCUT2D eigenvalue weighted by Gasteiger charge is -1.90. The Hall–Kier alpha value is -0.920. The van der Waals surface area contributed by atoms with E-state index in [4.69, 9.17) is 11.5 Å². The molecule has 0 rings (SSSR count). The Kier molecular flexibility index (Phi) is 3.60. The summed E-state index contributed by atoms with van der Waals surface area (Å²) in [4.78, 5) is 0. The van der Waals surface area contributed by atoms with E-state index in [9.17, 15) is 0 Å². The van der Waals surface area contributed by atoms with Crippen LogP contribution in [0.2, 0.25) is 0 Å². The van der Waals surface area contributed by atoms with Crippen molar-refractivity contribution in [1.29, 1.82) is 0 Å². The van der Waals surface area contributed by atoms with Crippen molar-refractivity contribution in [3.05, 3.63) is 23.5 Å². The topological polar surface area (TPSA) is 52.0 Å². The van der Waals surface area contributed by atoms with Crippen LogP contribution >= 0.6 is 0 Å². The summed E-state index contributed by atoms with van der Waals surface area (Å²) < 4.78 is 0. The molecule has 0 aromatic heterocycles. The maximum absolute atomic E-state index is 5.48. The minimum absolute atomic E-state index is 0.784. The second-order valence-electron chi connectivity index (χ2n) is 2.01. The third-order valence-electron chi connectivity index (χ3n) is 0.969. The van der Waals surface area contributed by atoms with E-state index in [1.807, 2.05) is 19.9 Å². The minimum Gasteiger partial charge on any atom is -0.402 e. The number of hydrogen-bond acceptors (Lipinski definition) is 2. The van der Waals surface area contributed by atoms with Gasteiger partial charge in [0.25, 0.3) is 0 Å². The largest absolute Gasteiger partial charge is 0.402 e. The molecule has 2 heteroatoms. The number of rotatable bonds is 2. The van der Waals surface area contributed by atoms with E-state index < -0.39 is 0 Å². The average Bonchev–Trinajstić information content (AvgIpc) is 1.83. The number of nitrogens with two attached hydrogens (primary N) is 2. The van der Waals surface area contributed by atoms with Crippen LogP contribution in [0.5, 0.6) is 0 Å². The van der Waals surface area contributed by atoms with Crippen molar-refractivity contribution in [1.82, 2.24) is 0 Å². The summed E-state index contributed by atoms with van der Waals surface area (Å²) in [5, 5.41) is 0. The molecule has 0 heterocycles. The quantitative estimate of drug-likeness (QED) is 0.544. The van der Waals surface area contributed by atoms with Gasteiger partial charge in [0.05, 0.1) is 0 Å². The van der Waals surface area contributed by atoms with Crippen molar-refractivity contribution in [2.75, 3.05) is 0 Å². The lowest BCUT2D eigenvalue weighted by atomic mass is 10.3. The minimum atomic E-state index is 0.784. The van der Waals surface area contributed by atoms with Crippen molar-refractivity contribution in [3.8, 4) is 0 Å². The Morgan fingerprint density at radius 3 is 2.22 bits per heavy atom. The van der Waals surface area contributed by atoms with Gasteiger partial charge in [-0.25, -0.2) is 0 Å². The predicted octanol–water partition coefficient (Wildman–Crippen LogP) is 1.10. The summed E-state index contributed by atoms with van der Waals surface area (Å²) in [6, 6.07) is 0. The Morgan fingerprint density at radius 2 is 1.89 bits per heavy atom. The molecular weight excluding hydrogens is 112 g/mol. The molecule has 0 fully saturated rings. The molecule has 4 N–H and O–H groups in total. The highest BCUT2D eigenvalue weighted by Crippen LogP contribution is 1.91. The zero-order chi connectivity index (χ0) is 7.28. The first kappa shape index (κ1) is 8.08. The van der Waals surface area contributed by atoms with Gasteiger partial charge in [0.15, 0.2) is 0 Å². The molecule has 0 unspecified atom stereocenters. The molecule has 0 radical (unpaired) electrons. The molecule has 0 amide bonds. The van der Waals surface area contributed by atoms with Gasteiger partial charge in [0.2, 0.25) is 0 Å². The second kappa shape index (κ2) is 4.01. The van der Waals surface area contributed by atoms with Crippen molar-refractivity contribution < 1.29 is 0 Å². The van der Waals surface area contributed by atoms with Crippen LogP contribution in [0.1, 0.15) is 20.3 Å². The van der Waals surface area contributed by atoms with Crippen LogP contribution in [0.3, 0.4) is 0 Å². The molecule has 52 valence electrons. The van der Waals surface area contributed by atoms with Gasteiger partial charge >= 0.3 is 0 Å². The fourth-order valence-corrected chi connectivity index (χ4v) is 0.356. The molecule has 0 atom stereocenters. The lowest BCUT2D eigenvalue weighted by molar-refractivity contribution is 1.07. The van der Waals surface area contributed by atoms with Gasteiger partial charge in [0, 0.05) is 11.4 Å². The normalized spacial score (nSPS) is 14.0. The summed E-state index contributed by atoms with van der Waals surface area (Å²) in [6.07, 6.45) is 4.51. The Labute approximate surface area is 56.2 Å². The van der Waals surface area contributed by atoms with Gasteiger partial charge in [-0.3, -0.25) is 0 Å². The van der Waals surface area contributed by atoms with Crippen LogP contribution in [0.25, 0.3) is 0 Å². The summed E-state index contributed by atoms with van der Waals surface area (Å²) >= 11 is 0. The number of allylic oxidation sites excluding steroid dienone is 4. The molecule has 9 heavy (non-hydrogen) atoms. The molecule has 0 aromatic carbocycles. The Bertz CT molecular complexity index is 130. The van der Waals surface area contributed by atoms with E-state index in [-0.39, 0.29) is 0 Å². The van der Waals surface area contributed by atoms with E-state index in [0.29, 0.717) is 0 Å². The molecular formula is C7H14N2. The molecule has 0 aliphatic rings. The van der Waals surface area contributed by atoms with E-state index in [1.54, 1.807) is 6.08 Å². The summed E-state index contributed by atoms with van der Waals surface area (Å²) in [5.74, 6) is 0. The first-order chi connectivity index (χ1) is 4.16. The van der Waals surface area contributed by atoms with E-state index in [0.717, 1.165) is 17.8 Å². The molecule has 0 spiro atoms. The first-order valence-corrected chi connectivity index (χ1v) is 3.05. The van der Waals surface area contributed by atoms with Crippen LogP contribution in [0.15, 0.2) is 23.5 Å². The van der Waals surface area contributed by atoms with E-state index in [1.165, 1.54) is 0 Å². The van der Waals surface area contributed by atoms with Crippen molar-refractivity contribution in [2.24, 2.45) is 11.5 Å². The molecule has 0 aliphatic heterocycles. The van der Waals surface area contributed by atoms with Crippen molar-refractivity contribution >= 4 is 0 Å². The predicted molar refractivity (Wildman–Crippen MR) is 40.5 cm³/mol. The van der Waals surface area contributed by atoms with Gasteiger partial charge in [-0.15, -0.1) is 0 Å². The maximum Gasteiger partial charge on any atom is 0.00783 e. The molecule has 0 saturated carbocycles. The third kappa shape index (κ3) is 4.94. The smallest absolute Gasteiger partial charge is 0.00783 e. The average molecular weight is 126 g/mol. The molecule has 0 saturated heterocycles. The maximum atomic E-state index is 5.48. The zero-order valence-electron chi connectivity index (χ0n) is 6.02. The number of hydrogen-bond donors (Lipinski definition) is 2. The van der Waals surface area contributed by atoms with E-state index >= 15 is 0 Å². The highest BCUT2D eigenvalue weighted by molar-refractivity contribution is 5.12. The third-order valence-corrected chi connectivity index (χ3v) is 0.969. The van der Waals surface area contributed by atoms with Gasteiger partial charge in [-0.1, -0.05) is 6.92 Å². The summed E-state index contributed by atoms with van der Waals surface area (Å²) in [6.45, 7) is 3.84. The van der Waals surface area contributed by atoms with Gasteiger partial charge in [0.1, 0.15) is 0 Å². The fourth-order valence-electron chi connectivity index (χ4n) is 0.356. The molecule has 2 nitrogen and oxygen atoms in total. The van der Waals surface area contributed by atoms with Gasteiger partial charge < -0.3 is 11.5 Å². The zero-order valence-corrected chi connectivity index (χ0v) is 6.02. The first-order valence-electron chi connectivity index (χ1n) is 3.05. The summed E-state index contributed by atoms with van der Waals surface area (Å²) in [5.41, 5.74) is 12.5. The van der Waals surface area contributed by atoms with Crippen LogP contribution in [0, 0.1) is 0 Å². The fraction of sp³-hybridized carbons (Fsp3) is 0.429. The van der Waals surface area contributed by atoms with Crippen LogP contribution in [-0.4, -0.2) is 0 Å². The van der Waals surface area contributed by atoms with Crippen LogP contribution in [0.4, 0.5) is 0 Å². The Balaban J connectivity index is 3.83. The lowest BCUT2D eigenvalue weighted by Crippen LogP contribution is -1.94. The second-order valence-corrected chi connectivity index (χ2v) is 2.01. The summed E-state index contributed by atoms with van der Waals surface area (Å²) in [7, 11) is 0. The SMILES string of the molecule is CC/C(N)=C\C=C(/C)N. The van der Waals surface area contributed by atoms with Crippen molar-refractivity contribution in [3.63, 3.8) is 0 Å². The molecule has 0 bridgehead atoms. The van der Waals surface area contributed by atoms with Gasteiger partial charge in [-0.2, -0.15) is 0 Å². The standard InChI is InChI=1S/C7H14N2/c1-3-7(9)5-4-6(2)8/h4-5H,3,8-9H2,1-2H3/b6-4+,7-5+. The monoisotopic (exact) mass is 126 g/mol. The molecule has 0 aromatic rings. The van der Waals surface area contributed by atoms with E-state index in [2.05, 4.69) is 0 Å². The highest BCUT2D eigenvalue weighted by Gasteiger charge is 1.79. The Morgan fingerprint density at radius 1 is 1.33 bits per heavy atom. The highest BCUT2D eigenvalue weighted by atomic mass is 14.6. The van der Waals surface area contributed by atoms with Gasteiger partial charge in [-0.05, 0) is 25.5 Å². The van der Waals surface area contributed by atoms with Crippen LogP contribution in [-0.2, 0) is 0 Å².